The molecule has 0 rings (SSSR count). The Labute approximate surface area is 217 Å². The summed E-state index contributed by atoms with van der Waals surface area (Å²) < 4.78 is 10.2. The van der Waals surface area contributed by atoms with Gasteiger partial charge in [0.1, 0.15) is 0 Å². The van der Waals surface area contributed by atoms with Gasteiger partial charge in [0.25, 0.3) is 0 Å². The second-order valence-electron chi connectivity index (χ2n) is 10.0. The van der Waals surface area contributed by atoms with Gasteiger partial charge < -0.3 is 14.8 Å². The SMILES string of the molecule is CCCCCCCCCCCCCCCCOC(=O)NCCCCCCCCCCC(=O)OCC. The number of esters is 1. The standard InChI is InChI=1S/C30H59NO4/c1-3-5-6-7-8-9-10-11-12-13-16-19-22-25-28-35-30(33)31-27-24-21-18-15-14-17-20-23-26-29(32)34-4-2/h3-28H2,1-2H3,(H,31,33). The quantitative estimate of drug-likeness (QED) is 0.0907. The normalized spacial score (nSPS) is 10.9. The molecular formula is C30H59NO4. The summed E-state index contributed by atoms with van der Waals surface area (Å²) in [6.07, 6.45) is 28.0. The number of alkyl carbamates (subject to hydrolysis) is 1. The number of unbranched alkanes of at least 4 members (excludes halogenated alkanes) is 20. The summed E-state index contributed by atoms with van der Waals surface area (Å²) in [7, 11) is 0. The summed E-state index contributed by atoms with van der Waals surface area (Å²) in [5.41, 5.74) is 0. The minimum absolute atomic E-state index is 0.0712. The van der Waals surface area contributed by atoms with E-state index in [1.807, 2.05) is 6.92 Å². The number of rotatable bonds is 27. The highest BCUT2D eigenvalue weighted by atomic mass is 16.5. The van der Waals surface area contributed by atoms with E-state index in [4.69, 9.17) is 9.47 Å². The van der Waals surface area contributed by atoms with Crippen molar-refractivity contribution in [3.63, 3.8) is 0 Å². The number of hydrogen-bond acceptors (Lipinski definition) is 4. The van der Waals surface area contributed by atoms with Crippen LogP contribution in [0.25, 0.3) is 0 Å². The second-order valence-corrected chi connectivity index (χ2v) is 10.0. The Balaban J connectivity index is 3.18. The molecule has 208 valence electrons. The van der Waals surface area contributed by atoms with E-state index >= 15 is 0 Å². The lowest BCUT2D eigenvalue weighted by molar-refractivity contribution is -0.143. The number of ether oxygens (including phenoxy) is 2. The molecule has 35 heavy (non-hydrogen) atoms. The first-order chi connectivity index (χ1) is 17.2. The predicted molar refractivity (Wildman–Crippen MR) is 148 cm³/mol. The molecule has 0 aliphatic heterocycles. The maximum absolute atomic E-state index is 11.7. The second kappa shape index (κ2) is 29.0. The topological polar surface area (TPSA) is 64.6 Å². The first kappa shape index (κ1) is 33.7. The lowest BCUT2D eigenvalue weighted by atomic mass is 10.0. The van der Waals surface area contributed by atoms with Gasteiger partial charge in [0.15, 0.2) is 0 Å². The molecule has 0 unspecified atom stereocenters. The van der Waals surface area contributed by atoms with E-state index in [9.17, 15) is 9.59 Å². The van der Waals surface area contributed by atoms with Crippen molar-refractivity contribution in [1.82, 2.24) is 5.32 Å². The largest absolute Gasteiger partial charge is 0.466 e. The van der Waals surface area contributed by atoms with E-state index in [0.29, 0.717) is 26.2 Å². The molecule has 1 N–H and O–H groups in total. The first-order valence-corrected chi connectivity index (χ1v) is 15.3. The van der Waals surface area contributed by atoms with Gasteiger partial charge in [-0.05, 0) is 26.2 Å². The molecule has 0 saturated carbocycles. The Morgan fingerprint density at radius 3 is 1.43 bits per heavy atom. The van der Waals surface area contributed by atoms with E-state index in [1.54, 1.807) is 0 Å². The Hall–Kier alpha value is -1.26. The summed E-state index contributed by atoms with van der Waals surface area (Å²) in [6.45, 7) is 5.84. The highest BCUT2D eigenvalue weighted by Crippen LogP contribution is 2.13. The maximum atomic E-state index is 11.7. The Bertz CT molecular complexity index is 456. The average Bonchev–Trinajstić information content (AvgIpc) is 2.85. The summed E-state index contributed by atoms with van der Waals surface area (Å²) in [6, 6.07) is 0. The van der Waals surface area contributed by atoms with E-state index in [1.165, 1.54) is 103 Å². The monoisotopic (exact) mass is 497 g/mol. The summed E-state index contributed by atoms with van der Waals surface area (Å²) in [4.78, 5) is 23.0. The molecule has 5 nitrogen and oxygen atoms in total. The average molecular weight is 498 g/mol. The molecule has 0 aromatic rings. The molecule has 0 heterocycles. The van der Waals surface area contributed by atoms with Crippen molar-refractivity contribution in [2.45, 2.75) is 162 Å². The van der Waals surface area contributed by atoms with Gasteiger partial charge in [-0.3, -0.25) is 4.79 Å². The smallest absolute Gasteiger partial charge is 0.407 e. The fraction of sp³-hybridized carbons (Fsp3) is 0.933. The van der Waals surface area contributed by atoms with E-state index in [0.717, 1.165) is 38.5 Å². The third-order valence-electron chi connectivity index (χ3n) is 6.61. The van der Waals surface area contributed by atoms with Crippen LogP contribution in [0.2, 0.25) is 0 Å². The van der Waals surface area contributed by atoms with Gasteiger partial charge in [-0.15, -0.1) is 0 Å². The molecule has 0 radical (unpaired) electrons. The molecule has 0 aromatic heterocycles. The van der Waals surface area contributed by atoms with E-state index in [2.05, 4.69) is 12.2 Å². The lowest BCUT2D eigenvalue weighted by Gasteiger charge is -2.07. The molecule has 5 heteroatoms. The van der Waals surface area contributed by atoms with Gasteiger partial charge in [-0.1, -0.05) is 129 Å². The summed E-state index contributed by atoms with van der Waals surface area (Å²) in [5, 5.41) is 2.87. The molecule has 0 bridgehead atoms. The fourth-order valence-electron chi connectivity index (χ4n) is 4.39. The van der Waals surface area contributed by atoms with Crippen LogP contribution in [0.5, 0.6) is 0 Å². The minimum Gasteiger partial charge on any atom is -0.466 e. The number of hydrogen-bond donors (Lipinski definition) is 1. The Morgan fingerprint density at radius 2 is 0.943 bits per heavy atom. The molecule has 0 fully saturated rings. The predicted octanol–water partition coefficient (Wildman–Crippen LogP) is 9.27. The number of carbonyl (C=O) groups is 2. The molecule has 0 saturated heterocycles. The van der Waals surface area contributed by atoms with Crippen molar-refractivity contribution >= 4 is 12.1 Å². The number of carbonyl (C=O) groups excluding carboxylic acids is 2. The van der Waals surface area contributed by atoms with Crippen molar-refractivity contribution in [2.75, 3.05) is 19.8 Å². The zero-order valence-corrected chi connectivity index (χ0v) is 23.5. The molecule has 0 spiro atoms. The molecule has 0 atom stereocenters. The van der Waals surface area contributed by atoms with Crippen molar-refractivity contribution in [3.05, 3.63) is 0 Å². The Kier molecular flexibility index (Phi) is 27.9. The number of amides is 1. The summed E-state index contributed by atoms with van der Waals surface area (Å²) in [5.74, 6) is -0.0712. The van der Waals surface area contributed by atoms with Crippen LogP contribution in [0.3, 0.4) is 0 Å². The van der Waals surface area contributed by atoms with E-state index < -0.39 is 0 Å². The van der Waals surface area contributed by atoms with Gasteiger partial charge in [-0.2, -0.15) is 0 Å². The highest BCUT2D eigenvalue weighted by molar-refractivity contribution is 5.69. The third-order valence-corrected chi connectivity index (χ3v) is 6.61. The van der Waals surface area contributed by atoms with Crippen LogP contribution in [0.4, 0.5) is 4.79 Å². The molecule has 0 aliphatic carbocycles. The van der Waals surface area contributed by atoms with Crippen LogP contribution in [0.1, 0.15) is 162 Å². The van der Waals surface area contributed by atoms with Gasteiger partial charge in [0, 0.05) is 13.0 Å². The maximum Gasteiger partial charge on any atom is 0.407 e. The molecule has 0 aromatic carbocycles. The molecular weight excluding hydrogens is 438 g/mol. The Morgan fingerprint density at radius 1 is 0.514 bits per heavy atom. The van der Waals surface area contributed by atoms with Crippen LogP contribution >= 0.6 is 0 Å². The van der Waals surface area contributed by atoms with Gasteiger partial charge in [-0.25, -0.2) is 4.79 Å². The van der Waals surface area contributed by atoms with Crippen LogP contribution in [-0.2, 0) is 14.3 Å². The fourth-order valence-corrected chi connectivity index (χ4v) is 4.39. The first-order valence-electron chi connectivity index (χ1n) is 15.3. The van der Waals surface area contributed by atoms with Crippen LogP contribution < -0.4 is 5.32 Å². The van der Waals surface area contributed by atoms with Gasteiger partial charge in [0.2, 0.25) is 0 Å². The third kappa shape index (κ3) is 28.9. The molecule has 0 aliphatic rings. The number of nitrogens with one attached hydrogen (secondary N) is 1. The summed E-state index contributed by atoms with van der Waals surface area (Å²) >= 11 is 0. The zero-order chi connectivity index (χ0) is 25.7. The van der Waals surface area contributed by atoms with Crippen molar-refractivity contribution < 1.29 is 19.1 Å². The van der Waals surface area contributed by atoms with Crippen LogP contribution in [0.15, 0.2) is 0 Å². The van der Waals surface area contributed by atoms with Gasteiger partial charge >= 0.3 is 12.1 Å². The van der Waals surface area contributed by atoms with Crippen LogP contribution in [0, 0.1) is 0 Å². The minimum atomic E-state index is -0.263. The van der Waals surface area contributed by atoms with Crippen molar-refractivity contribution in [2.24, 2.45) is 0 Å². The zero-order valence-electron chi connectivity index (χ0n) is 23.5. The molecule has 1 amide bonds. The lowest BCUT2D eigenvalue weighted by Crippen LogP contribution is -2.25. The van der Waals surface area contributed by atoms with Crippen LogP contribution in [-0.4, -0.2) is 31.8 Å². The van der Waals surface area contributed by atoms with E-state index in [-0.39, 0.29) is 12.1 Å². The van der Waals surface area contributed by atoms with Crippen molar-refractivity contribution in [1.29, 1.82) is 0 Å². The van der Waals surface area contributed by atoms with Gasteiger partial charge in [0.05, 0.1) is 13.2 Å². The van der Waals surface area contributed by atoms with Crippen molar-refractivity contribution in [3.8, 4) is 0 Å². The highest BCUT2D eigenvalue weighted by Gasteiger charge is 2.02.